The van der Waals surface area contributed by atoms with Crippen molar-refractivity contribution in [2.45, 2.75) is 43.7 Å². The first kappa shape index (κ1) is 16.1. The Morgan fingerprint density at radius 1 is 1.44 bits per heavy atom. The van der Waals surface area contributed by atoms with Crippen LogP contribution < -0.4 is 0 Å². The largest absolute Gasteiger partial charge is 0.466 e. The van der Waals surface area contributed by atoms with Crippen molar-refractivity contribution in [3.63, 3.8) is 0 Å². The van der Waals surface area contributed by atoms with E-state index in [0.29, 0.717) is 6.42 Å². The van der Waals surface area contributed by atoms with Crippen LogP contribution >= 0.6 is 0 Å². The molecule has 0 aromatic heterocycles. The summed E-state index contributed by atoms with van der Waals surface area (Å²) in [5.41, 5.74) is 1.69. The number of methoxy groups -OCH3 is 1. The van der Waals surface area contributed by atoms with E-state index in [0.717, 1.165) is 24.1 Å². The minimum atomic E-state index is -0.386. The van der Waals surface area contributed by atoms with Gasteiger partial charge in [-0.25, -0.2) is 4.79 Å². The average molecular weight is 338 g/mol. The number of benzene rings is 1. The Balaban J connectivity index is 1.78. The Labute approximate surface area is 147 Å². The van der Waals surface area contributed by atoms with Gasteiger partial charge >= 0.3 is 5.97 Å². The van der Waals surface area contributed by atoms with Crippen LogP contribution in [0, 0.1) is 5.92 Å². The summed E-state index contributed by atoms with van der Waals surface area (Å²) in [5.74, 6) is -0.0487. The van der Waals surface area contributed by atoms with Gasteiger partial charge in [0.15, 0.2) is 0 Å². The lowest BCUT2D eigenvalue weighted by Gasteiger charge is -2.33. The molecule has 5 heteroatoms. The molecule has 0 aliphatic carbocycles. The van der Waals surface area contributed by atoms with Crippen LogP contribution in [-0.4, -0.2) is 42.2 Å². The fourth-order valence-electron chi connectivity index (χ4n) is 4.85. The molecule has 4 rings (SSSR count). The molecule has 0 radical (unpaired) electrons. The second-order valence-corrected chi connectivity index (χ2v) is 7.08. The van der Waals surface area contributed by atoms with E-state index in [1.54, 1.807) is 0 Å². The van der Waals surface area contributed by atoms with Crippen LogP contribution in [0.25, 0.3) is 0 Å². The van der Waals surface area contributed by atoms with Gasteiger partial charge in [0.05, 0.1) is 24.3 Å². The van der Waals surface area contributed by atoms with Gasteiger partial charge in [-0.2, -0.15) is 0 Å². The lowest BCUT2D eigenvalue weighted by atomic mass is 9.71. The number of carbonyl (C=O) groups excluding carboxylic acids is 2. The fraction of sp³-hybridized carbons (Fsp3) is 0.450. The van der Waals surface area contributed by atoms with E-state index < -0.39 is 0 Å². The van der Waals surface area contributed by atoms with Gasteiger partial charge in [0.25, 0.3) is 0 Å². The Hall–Kier alpha value is -2.43. The minimum Gasteiger partial charge on any atom is -0.466 e. The van der Waals surface area contributed by atoms with Crippen LogP contribution in [0.1, 0.15) is 31.7 Å². The molecular weight excluding hydrogens is 316 g/mol. The number of carbonyl (C=O) groups is 2. The van der Waals surface area contributed by atoms with Crippen molar-refractivity contribution in [3.05, 3.63) is 42.0 Å². The Morgan fingerprint density at radius 3 is 3.00 bits per heavy atom. The number of hydrogen-bond acceptors (Lipinski definition) is 4. The van der Waals surface area contributed by atoms with Crippen LogP contribution in [0.3, 0.4) is 0 Å². The van der Waals surface area contributed by atoms with Crippen molar-refractivity contribution in [1.82, 2.24) is 4.90 Å². The van der Waals surface area contributed by atoms with Crippen molar-refractivity contribution in [2.24, 2.45) is 10.9 Å². The maximum atomic E-state index is 12.9. The van der Waals surface area contributed by atoms with Gasteiger partial charge in [-0.3, -0.25) is 9.79 Å². The zero-order valence-electron chi connectivity index (χ0n) is 14.5. The van der Waals surface area contributed by atoms with E-state index in [4.69, 9.17) is 4.74 Å². The molecule has 4 atom stereocenters. The summed E-state index contributed by atoms with van der Waals surface area (Å²) in [4.78, 5) is 31.1. The highest BCUT2D eigenvalue weighted by Gasteiger charge is 2.61. The van der Waals surface area contributed by atoms with Crippen molar-refractivity contribution in [2.75, 3.05) is 7.11 Å². The smallest absolute Gasteiger partial charge is 0.330 e. The van der Waals surface area contributed by atoms with Crippen molar-refractivity contribution >= 4 is 23.8 Å². The van der Waals surface area contributed by atoms with Crippen molar-refractivity contribution in [3.8, 4) is 0 Å². The lowest BCUT2D eigenvalue weighted by Crippen LogP contribution is -2.44. The molecule has 2 saturated heterocycles. The first-order valence-corrected chi connectivity index (χ1v) is 8.82. The third-order valence-corrected chi connectivity index (χ3v) is 5.89. The van der Waals surface area contributed by atoms with Gasteiger partial charge in [-0.15, -0.1) is 0 Å². The molecule has 130 valence electrons. The Bertz CT molecular complexity index is 785. The van der Waals surface area contributed by atoms with E-state index in [1.165, 1.54) is 13.2 Å². The van der Waals surface area contributed by atoms with Gasteiger partial charge in [0, 0.05) is 30.7 Å². The number of aliphatic imine (C=N–C) groups is 1. The first-order chi connectivity index (χ1) is 12.1. The molecule has 2 fully saturated rings. The summed E-state index contributed by atoms with van der Waals surface area (Å²) in [7, 11) is 1.38. The van der Waals surface area contributed by atoms with E-state index in [2.05, 4.69) is 22.9 Å². The number of fused-ring (bicyclic) bond motifs is 4. The van der Waals surface area contributed by atoms with Gasteiger partial charge in [0.1, 0.15) is 0 Å². The van der Waals surface area contributed by atoms with Crippen molar-refractivity contribution < 1.29 is 14.3 Å². The van der Waals surface area contributed by atoms with Crippen LogP contribution in [-0.2, 0) is 19.7 Å². The molecule has 25 heavy (non-hydrogen) atoms. The van der Waals surface area contributed by atoms with Gasteiger partial charge in [-0.05, 0) is 24.5 Å². The predicted molar refractivity (Wildman–Crippen MR) is 94.9 cm³/mol. The van der Waals surface area contributed by atoms with Crippen LogP contribution in [0.5, 0.6) is 0 Å². The molecule has 0 unspecified atom stereocenters. The summed E-state index contributed by atoms with van der Waals surface area (Å²) < 4.78 is 4.74. The quantitative estimate of drug-likeness (QED) is 0.629. The summed E-state index contributed by atoms with van der Waals surface area (Å²) in [6, 6.07) is 8.29. The van der Waals surface area contributed by atoms with Crippen LogP contribution in [0.15, 0.2) is 41.4 Å². The standard InChI is InChI=1S/C20H22N2O3/c1-3-14-10-13(8-9-18(24)25-2)19-20(11-17(23)22(14)19)12-21-16-7-5-4-6-15(16)20/h4-9,12-14,19H,3,10-11H2,1-2H3/b9-8+/t13-,14+,19+,20-/m0/s1. The first-order valence-electron chi connectivity index (χ1n) is 8.82. The van der Waals surface area contributed by atoms with E-state index in [9.17, 15) is 9.59 Å². The second-order valence-electron chi connectivity index (χ2n) is 7.08. The highest BCUT2D eigenvalue weighted by molar-refractivity contribution is 5.96. The number of nitrogens with zero attached hydrogens (tertiary/aromatic N) is 2. The molecule has 5 nitrogen and oxygen atoms in total. The zero-order valence-corrected chi connectivity index (χ0v) is 14.5. The molecule has 0 bridgehead atoms. The topological polar surface area (TPSA) is 59.0 Å². The summed E-state index contributed by atoms with van der Waals surface area (Å²) in [6.45, 7) is 2.11. The molecule has 1 amide bonds. The molecule has 1 aromatic carbocycles. The second kappa shape index (κ2) is 5.83. The highest BCUT2D eigenvalue weighted by Crippen LogP contribution is 2.54. The van der Waals surface area contributed by atoms with Crippen LogP contribution in [0.2, 0.25) is 0 Å². The minimum absolute atomic E-state index is 0.0123. The number of esters is 1. The molecule has 3 aliphatic rings. The third kappa shape index (κ3) is 2.25. The summed E-state index contributed by atoms with van der Waals surface area (Å²) >= 11 is 0. The Kier molecular flexibility index (Phi) is 3.74. The van der Waals surface area contributed by atoms with Gasteiger partial charge < -0.3 is 9.64 Å². The molecule has 1 spiro atoms. The van der Waals surface area contributed by atoms with E-state index in [1.807, 2.05) is 30.5 Å². The number of rotatable bonds is 3. The predicted octanol–water partition coefficient (Wildman–Crippen LogP) is 2.77. The van der Waals surface area contributed by atoms with Gasteiger partial charge in [-0.1, -0.05) is 31.2 Å². The maximum absolute atomic E-state index is 12.9. The molecular formula is C20H22N2O3. The number of ether oxygens (including phenoxy) is 1. The van der Waals surface area contributed by atoms with Crippen LogP contribution in [0.4, 0.5) is 5.69 Å². The zero-order chi connectivity index (χ0) is 17.6. The van der Waals surface area contributed by atoms with E-state index >= 15 is 0 Å². The molecule has 3 aliphatic heterocycles. The third-order valence-electron chi connectivity index (χ3n) is 5.89. The number of para-hydroxylation sites is 1. The average Bonchev–Trinajstić information content (AvgIpc) is 3.27. The molecule has 1 aromatic rings. The molecule has 0 N–H and O–H groups in total. The summed E-state index contributed by atoms with van der Waals surface area (Å²) in [5, 5.41) is 0. The van der Waals surface area contributed by atoms with Crippen molar-refractivity contribution in [1.29, 1.82) is 0 Å². The Morgan fingerprint density at radius 2 is 2.24 bits per heavy atom. The monoisotopic (exact) mass is 338 g/mol. The SMILES string of the molecule is CC[C@@H]1C[C@H](/C=C/C(=O)OC)[C@H]2N1C(=O)C[C@@]21C=Nc2ccccc21. The highest BCUT2D eigenvalue weighted by atomic mass is 16.5. The molecule has 0 saturated carbocycles. The number of hydrogen-bond donors (Lipinski definition) is 0. The maximum Gasteiger partial charge on any atom is 0.330 e. The lowest BCUT2D eigenvalue weighted by molar-refractivity contribution is -0.134. The van der Waals surface area contributed by atoms with Gasteiger partial charge in [0.2, 0.25) is 5.91 Å². The number of amides is 1. The fourth-order valence-corrected chi connectivity index (χ4v) is 4.85. The summed E-state index contributed by atoms with van der Waals surface area (Å²) in [6.07, 6.45) is 7.63. The van der Waals surface area contributed by atoms with E-state index in [-0.39, 0.29) is 35.3 Å². The normalized spacial score (nSPS) is 32.6. The molecule has 3 heterocycles.